The summed E-state index contributed by atoms with van der Waals surface area (Å²) >= 11 is 0. The van der Waals surface area contributed by atoms with Crippen molar-refractivity contribution in [3.63, 3.8) is 0 Å². The van der Waals surface area contributed by atoms with Gasteiger partial charge in [-0.2, -0.15) is 0 Å². The highest BCUT2D eigenvalue weighted by Gasteiger charge is 2.15. The van der Waals surface area contributed by atoms with Crippen molar-refractivity contribution in [2.24, 2.45) is 19.1 Å². The van der Waals surface area contributed by atoms with E-state index < -0.39 is 0 Å². The van der Waals surface area contributed by atoms with Gasteiger partial charge in [0, 0.05) is 43.1 Å². The molecule has 0 N–H and O–H groups in total. The number of benzene rings is 3. The Morgan fingerprint density at radius 3 is 2.35 bits per heavy atom. The van der Waals surface area contributed by atoms with Gasteiger partial charge in [-0.15, -0.1) is 0 Å². The van der Waals surface area contributed by atoms with E-state index >= 15 is 0 Å². The molecule has 0 spiro atoms. The molecule has 34 heavy (non-hydrogen) atoms. The number of nitrogens with zero attached hydrogens (tertiary/aromatic N) is 3. The zero-order valence-electron chi connectivity index (χ0n) is 19.7. The van der Waals surface area contributed by atoms with E-state index in [0.717, 1.165) is 16.4 Å². The van der Waals surface area contributed by atoms with Gasteiger partial charge in [-0.05, 0) is 42.5 Å². The zero-order valence-corrected chi connectivity index (χ0v) is 19.7. The first kappa shape index (κ1) is 21.9. The van der Waals surface area contributed by atoms with Crippen molar-refractivity contribution in [1.82, 2.24) is 9.13 Å². The number of carbonyl (C=O) groups excluding carboxylic acids is 2. The van der Waals surface area contributed by atoms with Gasteiger partial charge in [-0.3, -0.25) is 9.59 Å². The molecule has 0 aliphatic rings. The molecule has 5 aromatic rings. The lowest BCUT2D eigenvalue weighted by Crippen LogP contribution is -2.09. The first-order chi connectivity index (χ1) is 16.5. The number of rotatable bonds is 5. The summed E-state index contributed by atoms with van der Waals surface area (Å²) in [6.45, 7) is 0. The summed E-state index contributed by atoms with van der Waals surface area (Å²) in [5.74, 6) is -0.429. The largest absolute Gasteiger partial charge is 0.469 e. The molecule has 3 aromatic carbocycles. The van der Waals surface area contributed by atoms with E-state index in [-0.39, 0.29) is 11.9 Å². The number of aromatic nitrogens is 2. The van der Waals surface area contributed by atoms with Gasteiger partial charge < -0.3 is 13.9 Å². The van der Waals surface area contributed by atoms with E-state index in [1.807, 2.05) is 12.1 Å². The second kappa shape index (κ2) is 8.78. The van der Waals surface area contributed by atoms with E-state index in [4.69, 9.17) is 0 Å². The number of para-hydroxylation sites is 1. The van der Waals surface area contributed by atoms with Crippen LogP contribution in [0.3, 0.4) is 0 Å². The predicted molar refractivity (Wildman–Crippen MR) is 135 cm³/mol. The molecule has 2 heterocycles. The van der Waals surface area contributed by atoms with Gasteiger partial charge in [-0.1, -0.05) is 36.4 Å². The van der Waals surface area contributed by atoms with Gasteiger partial charge in [0.05, 0.1) is 34.5 Å². The minimum atomic E-state index is -0.251. The smallest absolute Gasteiger partial charge is 0.305 e. The average Bonchev–Trinajstić information content (AvgIpc) is 2.86. The Kier molecular flexibility index (Phi) is 5.65. The predicted octanol–water partition coefficient (Wildman–Crippen LogP) is 5.14. The fourth-order valence-corrected chi connectivity index (χ4v) is 4.93. The molecule has 1 amide bonds. The summed E-state index contributed by atoms with van der Waals surface area (Å²) in [6, 6.07) is 20.8. The number of amides is 1. The number of unbranched alkanes of at least 4 members (excludes halogenated alkanes) is 1. The molecular weight excluding hydrogens is 426 g/mol. The van der Waals surface area contributed by atoms with Crippen LogP contribution in [-0.2, 0) is 28.4 Å². The van der Waals surface area contributed by atoms with E-state index in [2.05, 4.69) is 81.5 Å². The van der Waals surface area contributed by atoms with E-state index in [1.54, 1.807) is 0 Å². The Labute approximate surface area is 197 Å². The molecule has 6 nitrogen and oxygen atoms in total. The molecule has 0 bridgehead atoms. The Balaban J connectivity index is 1.64. The Morgan fingerprint density at radius 1 is 0.794 bits per heavy atom. The fourth-order valence-electron chi connectivity index (χ4n) is 4.93. The number of ether oxygens (including phenoxy) is 1. The third kappa shape index (κ3) is 3.65. The van der Waals surface area contributed by atoms with Crippen LogP contribution in [0.25, 0.3) is 43.6 Å². The number of hydrogen-bond donors (Lipinski definition) is 0. The minimum Gasteiger partial charge on any atom is -0.469 e. The third-order valence-electron chi connectivity index (χ3n) is 6.63. The van der Waals surface area contributed by atoms with Crippen LogP contribution in [0.4, 0.5) is 0 Å². The summed E-state index contributed by atoms with van der Waals surface area (Å²) in [4.78, 5) is 28.0. The van der Waals surface area contributed by atoms with Gasteiger partial charge in [0.2, 0.25) is 5.91 Å². The monoisotopic (exact) mass is 453 g/mol. The van der Waals surface area contributed by atoms with Gasteiger partial charge in [-0.25, -0.2) is 4.99 Å². The number of carbonyl (C=O) groups is 2. The van der Waals surface area contributed by atoms with Crippen molar-refractivity contribution in [2.75, 3.05) is 7.11 Å². The fraction of sp³-hybridized carbons (Fsp3) is 0.250. The van der Waals surface area contributed by atoms with Crippen molar-refractivity contribution < 1.29 is 14.3 Å². The van der Waals surface area contributed by atoms with Crippen LogP contribution in [0.2, 0.25) is 0 Å². The van der Waals surface area contributed by atoms with Crippen molar-refractivity contribution in [1.29, 1.82) is 0 Å². The SMILES string of the molecule is COC(=O)CCCCC(=O)N=c1ccc2c3cccc4c3c(c3ccccc3n4C)n(C)c2c1. The summed E-state index contributed by atoms with van der Waals surface area (Å²) in [6.07, 6.45) is 1.87. The van der Waals surface area contributed by atoms with Crippen LogP contribution >= 0.6 is 0 Å². The molecule has 0 fully saturated rings. The number of pyridine rings is 2. The number of aryl methyl sites for hydroxylation is 2. The quantitative estimate of drug-likeness (QED) is 0.160. The lowest BCUT2D eigenvalue weighted by Gasteiger charge is -2.20. The number of hydrogen-bond acceptors (Lipinski definition) is 3. The molecule has 0 saturated heterocycles. The molecule has 5 rings (SSSR count). The molecule has 0 unspecified atom stereocenters. The maximum absolute atomic E-state index is 12.4. The van der Waals surface area contributed by atoms with Gasteiger partial charge in [0.15, 0.2) is 0 Å². The van der Waals surface area contributed by atoms with E-state index in [9.17, 15) is 9.59 Å². The maximum atomic E-state index is 12.4. The highest BCUT2D eigenvalue weighted by Crippen LogP contribution is 2.36. The first-order valence-corrected chi connectivity index (χ1v) is 11.5. The molecule has 6 heteroatoms. The molecular formula is C28H27N3O3. The molecule has 0 aliphatic heterocycles. The minimum absolute atomic E-state index is 0.178. The molecule has 0 aliphatic carbocycles. The number of methoxy groups -OCH3 is 1. The molecule has 0 radical (unpaired) electrons. The molecule has 0 atom stereocenters. The highest BCUT2D eigenvalue weighted by molar-refractivity contribution is 6.24. The summed E-state index contributed by atoms with van der Waals surface area (Å²) in [7, 11) is 5.56. The van der Waals surface area contributed by atoms with Crippen molar-refractivity contribution >= 4 is 55.5 Å². The first-order valence-electron chi connectivity index (χ1n) is 11.5. The number of esters is 1. The highest BCUT2D eigenvalue weighted by atomic mass is 16.5. The van der Waals surface area contributed by atoms with Gasteiger partial charge >= 0.3 is 5.97 Å². The zero-order chi connectivity index (χ0) is 23.8. The second-order valence-electron chi connectivity index (χ2n) is 8.67. The molecule has 172 valence electrons. The average molecular weight is 454 g/mol. The Bertz CT molecular complexity index is 1660. The van der Waals surface area contributed by atoms with Crippen molar-refractivity contribution in [3.05, 3.63) is 66.0 Å². The lowest BCUT2D eigenvalue weighted by atomic mass is 9.99. The second-order valence-corrected chi connectivity index (χ2v) is 8.67. The van der Waals surface area contributed by atoms with Crippen molar-refractivity contribution in [3.8, 4) is 0 Å². The van der Waals surface area contributed by atoms with Crippen LogP contribution in [0.5, 0.6) is 0 Å². The van der Waals surface area contributed by atoms with Crippen LogP contribution in [-0.4, -0.2) is 28.1 Å². The topological polar surface area (TPSA) is 65.6 Å². The van der Waals surface area contributed by atoms with E-state index in [1.165, 1.54) is 34.3 Å². The molecule has 0 saturated carbocycles. The normalized spacial score (nSPS) is 12.3. The third-order valence-corrected chi connectivity index (χ3v) is 6.63. The van der Waals surface area contributed by atoms with Crippen LogP contribution < -0.4 is 5.36 Å². The molecule has 2 aromatic heterocycles. The van der Waals surface area contributed by atoms with E-state index in [0.29, 0.717) is 31.0 Å². The van der Waals surface area contributed by atoms with Crippen LogP contribution in [0.15, 0.2) is 65.7 Å². The van der Waals surface area contributed by atoms with Crippen LogP contribution in [0.1, 0.15) is 25.7 Å². The summed E-state index contributed by atoms with van der Waals surface area (Å²) in [5, 5.41) is 5.36. The van der Waals surface area contributed by atoms with Gasteiger partial charge in [0.25, 0.3) is 0 Å². The Hall–Kier alpha value is -3.93. The summed E-state index contributed by atoms with van der Waals surface area (Å²) in [5.41, 5.74) is 4.54. The van der Waals surface area contributed by atoms with Gasteiger partial charge in [0.1, 0.15) is 0 Å². The maximum Gasteiger partial charge on any atom is 0.305 e. The van der Waals surface area contributed by atoms with Crippen LogP contribution in [0, 0.1) is 0 Å². The standard InChI is InChI=1S/C28H27N3O3/c1-30-22-11-5-4-9-21(22)28-27-20(10-8-12-23(27)30)19-16-15-18(17-24(19)31(28)2)29-25(32)13-6-7-14-26(33)34-3/h4-5,8-12,15-17H,6-7,13-14H2,1-3H3. The summed E-state index contributed by atoms with van der Waals surface area (Å²) < 4.78 is 9.11. The lowest BCUT2D eigenvalue weighted by molar-refractivity contribution is -0.140. The van der Waals surface area contributed by atoms with Crippen molar-refractivity contribution in [2.45, 2.75) is 25.7 Å². The number of fused-ring (bicyclic) bond motifs is 4. The Morgan fingerprint density at radius 2 is 1.53 bits per heavy atom.